The molecule has 146 valence electrons. The van der Waals surface area contributed by atoms with Crippen molar-refractivity contribution in [1.82, 2.24) is 10.2 Å². The minimum absolute atomic E-state index is 0.0827. The molecule has 27 heavy (non-hydrogen) atoms. The van der Waals surface area contributed by atoms with Gasteiger partial charge < -0.3 is 20.3 Å². The molecule has 1 heterocycles. The van der Waals surface area contributed by atoms with E-state index in [9.17, 15) is 14.4 Å². The quantitative estimate of drug-likeness (QED) is 0.770. The Morgan fingerprint density at radius 2 is 1.96 bits per heavy atom. The molecule has 1 saturated heterocycles. The second-order valence-electron chi connectivity index (χ2n) is 6.84. The Bertz CT molecular complexity index is 709. The monoisotopic (exact) mass is 393 g/mol. The van der Waals surface area contributed by atoms with Crippen molar-refractivity contribution in [3.05, 3.63) is 29.3 Å². The number of amides is 3. The van der Waals surface area contributed by atoms with E-state index < -0.39 is 18.0 Å². The van der Waals surface area contributed by atoms with Crippen LogP contribution in [0.4, 0.5) is 10.5 Å². The number of ether oxygens (including phenoxy) is 1. The number of rotatable bonds is 4. The Morgan fingerprint density at radius 3 is 2.67 bits per heavy atom. The highest BCUT2D eigenvalue weighted by Crippen LogP contribution is 2.30. The van der Waals surface area contributed by atoms with Crippen LogP contribution in [0.5, 0.6) is 0 Å². The minimum atomic E-state index is -0.879. The van der Waals surface area contributed by atoms with Crippen LogP contribution >= 0.6 is 11.6 Å². The van der Waals surface area contributed by atoms with Gasteiger partial charge in [0.15, 0.2) is 0 Å². The average Bonchev–Trinajstić information content (AvgIpc) is 2.64. The number of carbonyl (C=O) groups excluding carboxylic acids is 3. The van der Waals surface area contributed by atoms with Crippen molar-refractivity contribution in [2.45, 2.75) is 57.2 Å². The molecule has 3 rings (SSSR count). The maximum atomic E-state index is 13.1. The highest BCUT2D eigenvalue weighted by Gasteiger charge is 2.46. The number of nitrogens with zero attached hydrogens (tertiary/aromatic N) is 1. The van der Waals surface area contributed by atoms with Gasteiger partial charge in [-0.1, -0.05) is 24.4 Å². The SMILES string of the molecule is CCOC(=O)C[C@@H]1C(=O)N[C@H]2CCCC[C@@H]2N1C(=O)Nc1ccc(Cl)cc1. The number of benzene rings is 1. The summed E-state index contributed by atoms with van der Waals surface area (Å²) in [6, 6.07) is 5.27. The first-order valence-corrected chi connectivity index (χ1v) is 9.68. The van der Waals surface area contributed by atoms with Crippen molar-refractivity contribution in [2.24, 2.45) is 0 Å². The van der Waals surface area contributed by atoms with Gasteiger partial charge in [-0.25, -0.2) is 4.79 Å². The van der Waals surface area contributed by atoms with Crippen molar-refractivity contribution < 1.29 is 19.1 Å². The summed E-state index contributed by atoms with van der Waals surface area (Å²) in [7, 11) is 0. The molecule has 0 spiro atoms. The predicted molar refractivity (Wildman–Crippen MR) is 102 cm³/mol. The number of anilines is 1. The number of esters is 1. The van der Waals surface area contributed by atoms with Crippen LogP contribution in [0.2, 0.25) is 5.02 Å². The Balaban J connectivity index is 1.83. The second kappa shape index (κ2) is 8.61. The first kappa shape index (κ1) is 19.5. The van der Waals surface area contributed by atoms with Crippen molar-refractivity contribution in [3.8, 4) is 0 Å². The zero-order valence-electron chi connectivity index (χ0n) is 15.2. The van der Waals surface area contributed by atoms with E-state index in [0.29, 0.717) is 10.7 Å². The molecule has 7 nitrogen and oxygen atoms in total. The number of urea groups is 1. The summed E-state index contributed by atoms with van der Waals surface area (Å²) >= 11 is 5.89. The number of fused-ring (bicyclic) bond motifs is 1. The Hall–Kier alpha value is -2.28. The summed E-state index contributed by atoms with van der Waals surface area (Å²) in [5, 5.41) is 6.38. The molecule has 0 aromatic heterocycles. The normalized spacial score (nSPS) is 24.6. The van der Waals surface area contributed by atoms with Gasteiger partial charge in [0.2, 0.25) is 5.91 Å². The maximum Gasteiger partial charge on any atom is 0.322 e. The highest BCUT2D eigenvalue weighted by atomic mass is 35.5. The standard InChI is InChI=1S/C19H24ClN3O4/c1-2-27-17(24)11-16-18(25)22-14-5-3-4-6-15(14)23(16)19(26)21-13-9-7-12(20)8-10-13/h7-10,14-16H,2-6,11H2,1H3,(H,21,26)(H,22,25)/t14-,15-,16+/m0/s1. The van der Waals surface area contributed by atoms with Gasteiger partial charge in [0.25, 0.3) is 0 Å². The predicted octanol–water partition coefficient (Wildman–Crippen LogP) is 2.94. The number of piperazine rings is 1. The molecular weight excluding hydrogens is 370 g/mol. The summed E-state index contributed by atoms with van der Waals surface area (Å²) in [5.74, 6) is -0.798. The zero-order chi connectivity index (χ0) is 19.4. The van der Waals surface area contributed by atoms with E-state index in [4.69, 9.17) is 16.3 Å². The lowest BCUT2D eigenvalue weighted by molar-refractivity contribution is -0.148. The third-order valence-corrected chi connectivity index (χ3v) is 5.30. The molecule has 2 fully saturated rings. The summed E-state index contributed by atoms with van der Waals surface area (Å²) < 4.78 is 5.00. The molecule has 1 aliphatic carbocycles. The highest BCUT2D eigenvalue weighted by molar-refractivity contribution is 6.30. The van der Waals surface area contributed by atoms with Crippen LogP contribution in [-0.2, 0) is 14.3 Å². The zero-order valence-corrected chi connectivity index (χ0v) is 16.0. The fourth-order valence-corrected chi connectivity index (χ4v) is 3.96. The van der Waals surface area contributed by atoms with Crippen molar-refractivity contribution >= 4 is 35.2 Å². The lowest BCUT2D eigenvalue weighted by Crippen LogP contribution is -2.68. The van der Waals surface area contributed by atoms with Gasteiger partial charge >= 0.3 is 12.0 Å². The largest absolute Gasteiger partial charge is 0.466 e. The Labute approximate surface area is 163 Å². The average molecular weight is 394 g/mol. The summed E-state index contributed by atoms with van der Waals surface area (Å²) in [5.41, 5.74) is 0.581. The lowest BCUT2D eigenvalue weighted by Gasteiger charge is -2.47. The van der Waals surface area contributed by atoms with Crippen molar-refractivity contribution in [3.63, 3.8) is 0 Å². The molecule has 0 radical (unpaired) electrons. The molecule has 0 unspecified atom stereocenters. The third-order valence-electron chi connectivity index (χ3n) is 5.05. The molecule has 0 bridgehead atoms. The smallest absolute Gasteiger partial charge is 0.322 e. The van der Waals surface area contributed by atoms with Gasteiger partial charge in [0, 0.05) is 16.8 Å². The molecule has 2 aliphatic rings. The molecule has 3 atom stereocenters. The molecule has 1 aromatic carbocycles. The second-order valence-corrected chi connectivity index (χ2v) is 7.27. The van der Waals surface area contributed by atoms with E-state index in [1.165, 1.54) is 4.90 Å². The van der Waals surface area contributed by atoms with Gasteiger partial charge in [0.1, 0.15) is 6.04 Å². The number of hydrogen-bond donors (Lipinski definition) is 2. The first-order chi connectivity index (χ1) is 13.0. The van der Waals surface area contributed by atoms with Gasteiger partial charge in [-0.05, 0) is 44.0 Å². The number of halogens is 1. The topological polar surface area (TPSA) is 87.7 Å². The van der Waals surface area contributed by atoms with E-state index in [0.717, 1.165) is 25.7 Å². The van der Waals surface area contributed by atoms with Gasteiger partial charge in [-0.3, -0.25) is 9.59 Å². The van der Waals surface area contributed by atoms with Crippen LogP contribution < -0.4 is 10.6 Å². The molecular formula is C19H24ClN3O4. The van der Waals surface area contributed by atoms with Crippen LogP contribution in [0.15, 0.2) is 24.3 Å². The van der Waals surface area contributed by atoms with E-state index in [1.54, 1.807) is 31.2 Å². The Morgan fingerprint density at radius 1 is 1.26 bits per heavy atom. The van der Waals surface area contributed by atoms with E-state index in [2.05, 4.69) is 10.6 Å². The molecule has 1 aromatic rings. The van der Waals surface area contributed by atoms with Crippen LogP contribution in [0.1, 0.15) is 39.0 Å². The van der Waals surface area contributed by atoms with Crippen LogP contribution in [0.3, 0.4) is 0 Å². The maximum absolute atomic E-state index is 13.1. The summed E-state index contributed by atoms with van der Waals surface area (Å²) in [6.45, 7) is 1.94. The van der Waals surface area contributed by atoms with Crippen LogP contribution in [0, 0.1) is 0 Å². The minimum Gasteiger partial charge on any atom is -0.466 e. The number of carbonyl (C=O) groups is 3. The van der Waals surface area contributed by atoms with Gasteiger partial charge in [-0.15, -0.1) is 0 Å². The summed E-state index contributed by atoms with van der Waals surface area (Å²) in [4.78, 5) is 39.2. The Kier molecular flexibility index (Phi) is 6.21. The van der Waals surface area contributed by atoms with E-state index >= 15 is 0 Å². The van der Waals surface area contributed by atoms with E-state index in [1.807, 2.05) is 0 Å². The molecule has 1 saturated carbocycles. The lowest BCUT2D eigenvalue weighted by atomic mass is 9.85. The molecule has 3 amide bonds. The number of nitrogens with one attached hydrogen (secondary N) is 2. The van der Waals surface area contributed by atoms with Crippen molar-refractivity contribution in [1.29, 1.82) is 0 Å². The number of hydrogen-bond acceptors (Lipinski definition) is 4. The van der Waals surface area contributed by atoms with Crippen LogP contribution in [-0.4, -0.2) is 47.5 Å². The van der Waals surface area contributed by atoms with Crippen molar-refractivity contribution in [2.75, 3.05) is 11.9 Å². The van der Waals surface area contributed by atoms with Crippen LogP contribution in [0.25, 0.3) is 0 Å². The molecule has 2 N–H and O–H groups in total. The summed E-state index contributed by atoms with van der Waals surface area (Å²) in [6.07, 6.45) is 3.45. The van der Waals surface area contributed by atoms with E-state index in [-0.39, 0.29) is 31.0 Å². The molecule has 8 heteroatoms. The van der Waals surface area contributed by atoms with Gasteiger partial charge in [-0.2, -0.15) is 0 Å². The molecule has 1 aliphatic heterocycles. The first-order valence-electron chi connectivity index (χ1n) is 9.30. The van der Waals surface area contributed by atoms with Gasteiger partial charge in [0.05, 0.1) is 19.1 Å². The fraction of sp³-hybridized carbons (Fsp3) is 0.526. The third kappa shape index (κ3) is 4.53. The fourth-order valence-electron chi connectivity index (χ4n) is 3.83.